The predicted octanol–water partition coefficient (Wildman–Crippen LogP) is 3.30. The summed E-state index contributed by atoms with van der Waals surface area (Å²) in [4.78, 5) is 11.3. The molecule has 1 rings (SSSR count). The molecule has 8 heteroatoms. The minimum absolute atomic E-state index is 0.0222. The van der Waals surface area contributed by atoms with Gasteiger partial charge in [0.1, 0.15) is 11.4 Å². The molecule has 1 aromatic rings. The Morgan fingerprint density at radius 1 is 1.30 bits per heavy atom. The highest BCUT2D eigenvalue weighted by atomic mass is 35.5. The van der Waals surface area contributed by atoms with E-state index in [9.17, 15) is 18.7 Å². The number of phenols is 1. The molecule has 0 bridgehead atoms. The first-order valence-electron chi connectivity index (χ1n) is 7.02. The number of carbonyl (C=O) groups excluding carboxylic acids is 1. The van der Waals surface area contributed by atoms with E-state index in [4.69, 9.17) is 16.3 Å². The van der Waals surface area contributed by atoms with E-state index in [0.717, 1.165) is 0 Å². The number of halogens is 3. The van der Waals surface area contributed by atoms with Crippen molar-refractivity contribution in [3.8, 4) is 5.75 Å². The molecule has 0 heterocycles. The Morgan fingerprint density at radius 2 is 1.96 bits per heavy atom. The van der Waals surface area contributed by atoms with Crippen molar-refractivity contribution in [2.45, 2.75) is 38.8 Å². The van der Waals surface area contributed by atoms with Gasteiger partial charge in [-0.1, -0.05) is 23.7 Å². The number of hydrogen-bond acceptors (Lipinski definition) is 4. The molecule has 0 radical (unpaired) electrons. The van der Waals surface area contributed by atoms with Gasteiger partial charge >= 0.3 is 6.09 Å². The molecule has 0 spiro atoms. The zero-order valence-corrected chi connectivity index (χ0v) is 14.0. The Hall–Kier alpha value is -1.60. The van der Waals surface area contributed by atoms with Gasteiger partial charge in [0.15, 0.2) is 0 Å². The van der Waals surface area contributed by atoms with Crippen LogP contribution in [0.4, 0.5) is 13.6 Å². The standard InChI is InChI=1S/C15H21ClF2N2O3/c1-14(2,3)23-13(22)20-9-15(17,18)8-19-7-10-5-4-6-11(16)12(10)21/h4-6,19,21H,7-9H2,1-3H3,(H,20,22). The highest BCUT2D eigenvalue weighted by Crippen LogP contribution is 2.26. The minimum Gasteiger partial charge on any atom is -0.506 e. The van der Waals surface area contributed by atoms with E-state index in [1.807, 2.05) is 5.32 Å². The number of amides is 1. The highest BCUT2D eigenvalue weighted by molar-refractivity contribution is 6.32. The first-order valence-corrected chi connectivity index (χ1v) is 7.40. The first kappa shape index (κ1) is 19.4. The fourth-order valence-electron chi connectivity index (χ4n) is 1.66. The van der Waals surface area contributed by atoms with E-state index < -0.39 is 30.7 Å². The monoisotopic (exact) mass is 350 g/mol. The van der Waals surface area contributed by atoms with Crippen molar-refractivity contribution in [2.75, 3.05) is 13.1 Å². The molecular formula is C15H21ClF2N2O3. The molecular weight excluding hydrogens is 330 g/mol. The van der Waals surface area contributed by atoms with Gasteiger partial charge in [0.2, 0.25) is 0 Å². The topological polar surface area (TPSA) is 70.6 Å². The Bertz CT molecular complexity index is 548. The third-order valence-corrected chi connectivity index (χ3v) is 2.96. The molecule has 0 aliphatic heterocycles. The number of para-hydroxylation sites is 1. The number of rotatable bonds is 6. The van der Waals surface area contributed by atoms with Crippen LogP contribution in [0.25, 0.3) is 0 Å². The molecule has 0 aliphatic rings. The van der Waals surface area contributed by atoms with E-state index >= 15 is 0 Å². The molecule has 1 amide bonds. The quantitative estimate of drug-likeness (QED) is 0.736. The Balaban J connectivity index is 2.41. The molecule has 1 aromatic carbocycles. The van der Waals surface area contributed by atoms with Crippen LogP contribution in [-0.4, -0.2) is 35.8 Å². The lowest BCUT2D eigenvalue weighted by molar-refractivity contribution is -0.00379. The van der Waals surface area contributed by atoms with Gasteiger partial charge in [-0.3, -0.25) is 0 Å². The van der Waals surface area contributed by atoms with Crippen molar-refractivity contribution in [1.29, 1.82) is 0 Å². The number of aromatic hydroxyl groups is 1. The van der Waals surface area contributed by atoms with Gasteiger partial charge in [0, 0.05) is 12.1 Å². The van der Waals surface area contributed by atoms with Crippen LogP contribution in [0, 0.1) is 0 Å². The smallest absolute Gasteiger partial charge is 0.407 e. The molecule has 0 saturated carbocycles. The molecule has 5 nitrogen and oxygen atoms in total. The van der Waals surface area contributed by atoms with Gasteiger partial charge < -0.3 is 20.5 Å². The molecule has 0 saturated heterocycles. The lowest BCUT2D eigenvalue weighted by Gasteiger charge is -2.22. The van der Waals surface area contributed by atoms with Crippen LogP contribution in [0.1, 0.15) is 26.3 Å². The van der Waals surface area contributed by atoms with Crippen molar-refractivity contribution in [3.05, 3.63) is 28.8 Å². The van der Waals surface area contributed by atoms with Crippen molar-refractivity contribution in [1.82, 2.24) is 10.6 Å². The molecule has 0 atom stereocenters. The lowest BCUT2D eigenvalue weighted by Crippen LogP contribution is -2.44. The molecule has 0 aromatic heterocycles. The SMILES string of the molecule is CC(C)(C)OC(=O)NCC(F)(F)CNCc1cccc(Cl)c1O. The Labute approximate surface area is 139 Å². The van der Waals surface area contributed by atoms with Crippen LogP contribution in [0.3, 0.4) is 0 Å². The first-order chi connectivity index (χ1) is 10.5. The maximum atomic E-state index is 13.7. The van der Waals surface area contributed by atoms with Gasteiger partial charge in [-0.05, 0) is 26.8 Å². The number of carbonyl (C=O) groups is 1. The van der Waals surface area contributed by atoms with E-state index in [-0.39, 0.29) is 17.3 Å². The summed E-state index contributed by atoms with van der Waals surface area (Å²) in [5.41, 5.74) is -0.338. The number of ether oxygens (including phenoxy) is 1. The van der Waals surface area contributed by atoms with Crippen LogP contribution >= 0.6 is 11.6 Å². The molecule has 130 valence electrons. The zero-order chi connectivity index (χ0) is 17.7. The number of alkyl halides is 2. The van der Waals surface area contributed by atoms with E-state index in [1.54, 1.807) is 32.9 Å². The average molecular weight is 351 g/mol. The summed E-state index contributed by atoms with van der Waals surface area (Å²) in [6.07, 6.45) is -0.898. The average Bonchev–Trinajstić information content (AvgIpc) is 2.39. The molecule has 23 heavy (non-hydrogen) atoms. The zero-order valence-electron chi connectivity index (χ0n) is 13.3. The normalized spacial score (nSPS) is 12.1. The van der Waals surface area contributed by atoms with Gasteiger partial charge in [0.25, 0.3) is 5.92 Å². The van der Waals surface area contributed by atoms with Crippen molar-refractivity contribution in [2.24, 2.45) is 0 Å². The second kappa shape index (κ2) is 7.79. The predicted molar refractivity (Wildman–Crippen MR) is 84.0 cm³/mol. The lowest BCUT2D eigenvalue weighted by atomic mass is 10.2. The van der Waals surface area contributed by atoms with E-state index in [1.165, 1.54) is 6.07 Å². The number of benzene rings is 1. The Morgan fingerprint density at radius 3 is 2.57 bits per heavy atom. The van der Waals surface area contributed by atoms with Crippen LogP contribution in [0.5, 0.6) is 5.75 Å². The van der Waals surface area contributed by atoms with Crippen LogP contribution in [-0.2, 0) is 11.3 Å². The second-order valence-corrected chi connectivity index (χ2v) is 6.47. The molecule has 0 fully saturated rings. The summed E-state index contributed by atoms with van der Waals surface area (Å²) >= 11 is 5.73. The fraction of sp³-hybridized carbons (Fsp3) is 0.533. The second-order valence-electron chi connectivity index (χ2n) is 6.06. The highest BCUT2D eigenvalue weighted by Gasteiger charge is 2.30. The van der Waals surface area contributed by atoms with Gasteiger partial charge in [0.05, 0.1) is 18.1 Å². The third-order valence-electron chi connectivity index (χ3n) is 2.66. The van der Waals surface area contributed by atoms with Gasteiger partial charge in [-0.2, -0.15) is 0 Å². The number of hydrogen-bond donors (Lipinski definition) is 3. The largest absolute Gasteiger partial charge is 0.506 e. The van der Waals surface area contributed by atoms with E-state index in [0.29, 0.717) is 5.56 Å². The van der Waals surface area contributed by atoms with E-state index in [2.05, 4.69) is 5.32 Å². The summed E-state index contributed by atoms with van der Waals surface area (Å²) in [5, 5.41) is 14.4. The number of nitrogens with one attached hydrogen (secondary N) is 2. The van der Waals surface area contributed by atoms with Crippen LogP contribution in [0.2, 0.25) is 5.02 Å². The molecule has 0 aliphatic carbocycles. The van der Waals surface area contributed by atoms with Crippen LogP contribution in [0.15, 0.2) is 18.2 Å². The minimum atomic E-state index is -3.16. The van der Waals surface area contributed by atoms with Crippen LogP contribution < -0.4 is 10.6 Å². The van der Waals surface area contributed by atoms with Gasteiger partial charge in [-0.25, -0.2) is 13.6 Å². The number of phenolic OH excluding ortho intramolecular Hbond substituents is 1. The Kier molecular flexibility index (Phi) is 6.58. The fourth-order valence-corrected chi connectivity index (χ4v) is 1.85. The molecule has 3 N–H and O–H groups in total. The van der Waals surface area contributed by atoms with Gasteiger partial charge in [-0.15, -0.1) is 0 Å². The summed E-state index contributed by atoms with van der Waals surface area (Å²) in [6.45, 7) is 3.43. The van der Waals surface area contributed by atoms with Crippen molar-refractivity contribution < 1.29 is 23.4 Å². The summed E-state index contributed by atoms with van der Waals surface area (Å²) in [5.74, 6) is -3.30. The number of alkyl carbamates (subject to hydrolysis) is 1. The summed E-state index contributed by atoms with van der Waals surface area (Å²) in [6, 6.07) is 4.69. The molecule has 0 unspecified atom stereocenters. The summed E-state index contributed by atoms with van der Waals surface area (Å²) < 4.78 is 32.2. The maximum Gasteiger partial charge on any atom is 0.407 e. The summed E-state index contributed by atoms with van der Waals surface area (Å²) in [7, 11) is 0. The third kappa shape index (κ3) is 7.47. The van der Waals surface area contributed by atoms with Crippen molar-refractivity contribution >= 4 is 17.7 Å². The van der Waals surface area contributed by atoms with Crippen molar-refractivity contribution in [3.63, 3.8) is 0 Å². The maximum absolute atomic E-state index is 13.7.